The summed E-state index contributed by atoms with van der Waals surface area (Å²) in [6, 6.07) is 4.52. The zero-order chi connectivity index (χ0) is 29.9. The maximum Gasteiger partial charge on any atom is 0.303 e. The molecule has 4 amide bonds. The van der Waals surface area contributed by atoms with Gasteiger partial charge < -0.3 is 14.9 Å². The Hall–Kier alpha value is -2.63. The molecule has 2 N–H and O–H groups in total. The van der Waals surface area contributed by atoms with Crippen LogP contribution in [0.5, 0.6) is 11.5 Å². The van der Waals surface area contributed by atoms with E-state index in [1.54, 1.807) is 6.07 Å². The third-order valence-corrected chi connectivity index (χ3v) is 10.8. The topological polar surface area (TPSA) is 142 Å². The Labute approximate surface area is 254 Å². The lowest BCUT2D eigenvalue weighted by Crippen LogP contribution is -2.60. The predicted octanol–water partition coefficient (Wildman–Crippen LogP) is 3.76. The van der Waals surface area contributed by atoms with Gasteiger partial charge in [0.05, 0.1) is 24.4 Å². The molecular formula is C28H29BrCl2N2O8. The summed E-state index contributed by atoms with van der Waals surface area (Å²) < 4.78 is 5.30. The minimum Gasteiger partial charge on any atom is -0.504 e. The minimum atomic E-state index is -1.94. The molecule has 6 unspecified atom stereocenters. The van der Waals surface area contributed by atoms with Crippen molar-refractivity contribution in [2.24, 2.45) is 17.8 Å². The van der Waals surface area contributed by atoms with Crippen LogP contribution in [0, 0.1) is 17.8 Å². The number of rotatable bonds is 9. The van der Waals surface area contributed by atoms with Crippen molar-refractivity contribution in [2.75, 3.05) is 19.1 Å². The van der Waals surface area contributed by atoms with Crippen molar-refractivity contribution in [1.29, 1.82) is 0 Å². The number of unbranched alkanes of at least 4 members (excludes halogenated alkanes) is 2. The van der Waals surface area contributed by atoms with E-state index in [2.05, 4.69) is 15.9 Å². The molecule has 0 radical (unpaired) electrons. The highest BCUT2D eigenvalue weighted by Crippen LogP contribution is 2.65. The predicted molar refractivity (Wildman–Crippen MR) is 151 cm³/mol. The molecule has 5 rings (SSSR count). The van der Waals surface area contributed by atoms with Gasteiger partial charge in [-0.1, -0.05) is 40.1 Å². The number of aromatic hydroxyl groups is 1. The van der Waals surface area contributed by atoms with Gasteiger partial charge in [-0.15, -0.1) is 23.2 Å². The number of imide groups is 2. The largest absolute Gasteiger partial charge is 0.504 e. The fourth-order valence-electron chi connectivity index (χ4n) is 7.01. The van der Waals surface area contributed by atoms with Gasteiger partial charge in [0.25, 0.3) is 11.8 Å². The molecule has 3 fully saturated rings. The molecule has 0 spiro atoms. The first-order valence-electron chi connectivity index (χ1n) is 13.4. The first-order chi connectivity index (χ1) is 19.4. The van der Waals surface area contributed by atoms with Crippen molar-refractivity contribution in [3.05, 3.63) is 35.4 Å². The summed E-state index contributed by atoms with van der Waals surface area (Å²) in [5.41, 5.74) is 0.994. The monoisotopic (exact) mass is 670 g/mol. The van der Waals surface area contributed by atoms with Gasteiger partial charge in [0.2, 0.25) is 11.8 Å². The zero-order valence-corrected chi connectivity index (χ0v) is 25.2. The van der Waals surface area contributed by atoms with E-state index < -0.39 is 51.2 Å². The van der Waals surface area contributed by atoms with E-state index in [1.807, 2.05) is 6.08 Å². The van der Waals surface area contributed by atoms with Crippen molar-refractivity contribution in [2.45, 2.75) is 54.2 Å². The highest BCUT2D eigenvalue weighted by Gasteiger charge is 2.76. The molecule has 0 aromatic heterocycles. The van der Waals surface area contributed by atoms with Gasteiger partial charge in [-0.25, -0.2) is 0 Å². The number of fused-ring (bicyclic) bond motifs is 4. The number of methoxy groups -OCH3 is 1. The molecule has 10 nitrogen and oxygen atoms in total. The Morgan fingerprint density at radius 3 is 2.46 bits per heavy atom. The second kappa shape index (κ2) is 10.9. The van der Waals surface area contributed by atoms with Gasteiger partial charge in [0, 0.05) is 18.9 Å². The molecule has 2 heterocycles. The summed E-state index contributed by atoms with van der Waals surface area (Å²) in [7, 11) is 1.38. The van der Waals surface area contributed by atoms with Crippen LogP contribution in [0.1, 0.15) is 50.0 Å². The molecule has 0 bridgehead atoms. The van der Waals surface area contributed by atoms with Crippen LogP contribution in [0.3, 0.4) is 0 Å². The maximum atomic E-state index is 13.8. The number of allylic oxidation sites excluding steroid dienone is 2. The lowest BCUT2D eigenvalue weighted by Gasteiger charge is -2.50. The molecule has 2 aliphatic carbocycles. The lowest BCUT2D eigenvalue weighted by molar-refractivity contribution is -0.141. The smallest absolute Gasteiger partial charge is 0.303 e. The number of likely N-dealkylation sites (tertiary alicyclic amines) is 2. The summed E-state index contributed by atoms with van der Waals surface area (Å²) in [5.74, 6) is -5.97. The molecule has 41 heavy (non-hydrogen) atoms. The van der Waals surface area contributed by atoms with Gasteiger partial charge in [-0.2, -0.15) is 0 Å². The second-order valence-electron chi connectivity index (χ2n) is 11.0. The number of ether oxygens (including phenoxy) is 1. The van der Waals surface area contributed by atoms with E-state index in [9.17, 15) is 29.1 Å². The van der Waals surface area contributed by atoms with Crippen LogP contribution in [0.25, 0.3) is 0 Å². The number of carbonyl (C=O) groups excluding carboxylic acids is 4. The van der Waals surface area contributed by atoms with E-state index in [4.69, 9.17) is 33.0 Å². The molecule has 4 aliphatic rings. The number of carboxylic acids is 1. The van der Waals surface area contributed by atoms with Gasteiger partial charge in [0.1, 0.15) is 0 Å². The molecule has 2 aliphatic heterocycles. The van der Waals surface area contributed by atoms with Crippen LogP contribution in [0.15, 0.2) is 29.8 Å². The zero-order valence-electron chi connectivity index (χ0n) is 22.1. The summed E-state index contributed by atoms with van der Waals surface area (Å²) in [5, 5.41) is 19.1. The molecule has 1 aromatic rings. The van der Waals surface area contributed by atoms with Crippen LogP contribution < -0.4 is 4.74 Å². The van der Waals surface area contributed by atoms with Crippen LogP contribution in [0.4, 0.5) is 0 Å². The molecule has 6 atom stereocenters. The quantitative estimate of drug-likeness (QED) is 0.133. The number of hydrogen-bond donors (Lipinski definition) is 2. The van der Waals surface area contributed by atoms with E-state index in [-0.39, 0.29) is 54.6 Å². The van der Waals surface area contributed by atoms with E-state index in [0.717, 1.165) is 4.90 Å². The van der Waals surface area contributed by atoms with E-state index >= 15 is 0 Å². The number of phenols is 1. The fraction of sp³-hybridized carbons (Fsp3) is 0.536. The average molecular weight is 672 g/mol. The first kappa shape index (κ1) is 29.8. The van der Waals surface area contributed by atoms with Crippen LogP contribution in [0.2, 0.25) is 0 Å². The van der Waals surface area contributed by atoms with Gasteiger partial charge in [-0.05, 0) is 49.3 Å². The summed E-state index contributed by atoms with van der Waals surface area (Å²) in [4.78, 5) is 63.8. The van der Waals surface area contributed by atoms with Crippen molar-refractivity contribution >= 4 is 68.7 Å². The fourth-order valence-corrected chi connectivity index (χ4v) is 8.43. The number of hydrogen-bond acceptors (Lipinski definition) is 7. The van der Waals surface area contributed by atoms with Crippen LogP contribution >= 0.6 is 39.1 Å². The summed E-state index contributed by atoms with van der Waals surface area (Å²) in [6.07, 6.45) is 3.45. The number of aliphatic carboxylic acids is 1. The second-order valence-corrected chi connectivity index (χ2v) is 12.7. The Kier molecular flexibility index (Phi) is 7.93. The Balaban J connectivity index is 1.55. The summed E-state index contributed by atoms with van der Waals surface area (Å²) in [6.45, 7) is 0.172. The highest BCUT2D eigenvalue weighted by atomic mass is 79.9. The van der Waals surface area contributed by atoms with Gasteiger partial charge in [0.15, 0.2) is 21.2 Å². The van der Waals surface area contributed by atoms with Gasteiger partial charge in [-0.3, -0.25) is 33.8 Å². The number of halogens is 3. The molecule has 220 valence electrons. The Morgan fingerprint density at radius 2 is 1.80 bits per heavy atom. The van der Waals surface area contributed by atoms with Crippen molar-refractivity contribution in [3.63, 3.8) is 0 Å². The molecular weight excluding hydrogens is 643 g/mol. The molecule has 1 aromatic carbocycles. The Bertz CT molecular complexity index is 1370. The number of nitrogens with zero attached hydrogens (tertiary/aromatic N) is 2. The standard InChI is InChI=1S/C28H29BrCl2N2O8/c1-41-19-11-14(6-9-18(19)34)22-15-7-8-16-21(24(38)32(23(16)37)10-4-2-3-5-20(35)36)17(15)12-27(30)25(39)33(13-29)26(40)28(22,27)31/h6-7,9,11,16-17,21-22,34H,2-5,8,10,12-13H2,1H3,(H,35,36). The molecule has 2 saturated heterocycles. The number of carbonyl (C=O) groups is 5. The number of alkyl halides is 3. The van der Waals surface area contributed by atoms with Crippen LogP contribution in [-0.2, 0) is 24.0 Å². The highest BCUT2D eigenvalue weighted by molar-refractivity contribution is 9.09. The SMILES string of the molecule is COc1cc(C2C3=CCC4C(=O)N(CCCCCC(=O)O)C(=O)C4C3CC3(Cl)C(=O)N(CBr)C(=O)C23Cl)ccc1O. The van der Waals surface area contributed by atoms with Crippen molar-refractivity contribution < 1.29 is 38.9 Å². The minimum absolute atomic E-state index is 0.0160. The third kappa shape index (κ3) is 4.38. The number of carboxylic acid groups (broad SMARTS) is 1. The Morgan fingerprint density at radius 1 is 1.07 bits per heavy atom. The maximum absolute atomic E-state index is 13.8. The molecule has 1 saturated carbocycles. The van der Waals surface area contributed by atoms with Crippen molar-refractivity contribution in [1.82, 2.24) is 9.80 Å². The average Bonchev–Trinajstić information content (AvgIpc) is 3.26. The van der Waals surface area contributed by atoms with Crippen LogP contribution in [-0.4, -0.2) is 78.5 Å². The van der Waals surface area contributed by atoms with Crippen molar-refractivity contribution in [3.8, 4) is 11.5 Å². The van der Waals surface area contributed by atoms with Gasteiger partial charge >= 0.3 is 5.97 Å². The third-order valence-electron chi connectivity index (χ3n) is 8.92. The van der Waals surface area contributed by atoms with E-state index in [1.165, 1.54) is 24.1 Å². The normalized spacial score (nSPS) is 32.5. The number of phenolic OH excluding ortho intramolecular Hbond substituents is 1. The van der Waals surface area contributed by atoms with E-state index in [0.29, 0.717) is 30.4 Å². The number of benzene rings is 1. The lowest BCUT2D eigenvalue weighted by atomic mass is 9.56. The molecule has 13 heteroatoms. The first-order valence-corrected chi connectivity index (χ1v) is 15.2. The summed E-state index contributed by atoms with van der Waals surface area (Å²) >= 11 is 17.6. The number of amides is 4.